The number of rotatable bonds is 11. The Morgan fingerprint density at radius 2 is 1.80 bits per heavy atom. The molecule has 1 aromatic rings. The van der Waals surface area contributed by atoms with Crippen LogP contribution in [0.1, 0.15) is 52.9 Å². The molecule has 1 aliphatic rings. The molecule has 9 heteroatoms. The van der Waals surface area contributed by atoms with Crippen LogP contribution in [0, 0.1) is 0 Å². The molecule has 0 aliphatic carbocycles. The Kier molecular flexibility index (Phi) is 9.04. The smallest absolute Gasteiger partial charge is 0.254 e. The number of hydrogen-bond donors (Lipinski definition) is 2. The van der Waals surface area contributed by atoms with Crippen molar-refractivity contribution in [3.05, 3.63) is 24.3 Å². The number of anilines is 1. The molecule has 3 amide bonds. The number of hydrogen-bond acceptors (Lipinski definition) is 5. The number of nitrogens with one attached hydrogen (secondary N) is 2. The summed E-state index contributed by atoms with van der Waals surface area (Å²) in [4.78, 5) is 39.0. The van der Waals surface area contributed by atoms with Crippen LogP contribution in [0.25, 0.3) is 0 Å². The molecule has 2 N–H and O–H groups in total. The van der Waals surface area contributed by atoms with Crippen molar-refractivity contribution in [3.8, 4) is 5.75 Å². The predicted molar refractivity (Wildman–Crippen MR) is 119 cm³/mol. The van der Waals surface area contributed by atoms with Crippen LogP contribution in [0.5, 0.6) is 5.75 Å². The number of thiocarbonyl (C=S) groups is 1. The highest BCUT2D eigenvalue weighted by molar-refractivity contribution is 7.80. The topological polar surface area (TPSA) is 91.0 Å². The van der Waals surface area contributed by atoms with E-state index in [9.17, 15) is 14.4 Å². The molecule has 30 heavy (non-hydrogen) atoms. The third kappa shape index (κ3) is 6.16. The molecule has 2 rings (SSSR count). The second-order valence-electron chi connectivity index (χ2n) is 6.95. The number of carbonyl (C=O) groups excluding carboxylic acids is 3. The van der Waals surface area contributed by atoms with Crippen LogP contribution in [0.3, 0.4) is 0 Å². The Balaban J connectivity index is 2.03. The van der Waals surface area contributed by atoms with Crippen LogP contribution in [0.2, 0.25) is 0 Å². The molecule has 0 saturated carbocycles. The van der Waals surface area contributed by atoms with E-state index in [0.29, 0.717) is 31.0 Å². The fourth-order valence-electron chi connectivity index (χ4n) is 3.16. The lowest BCUT2D eigenvalue weighted by atomic mass is 10.1. The van der Waals surface area contributed by atoms with Gasteiger partial charge < -0.3 is 10.1 Å². The van der Waals surface area contributed by atoms with Crippen molar-refractivity contribution >= 4 is 40.7 Å². The van der Waals surface area contributed by atoms with Gasteiger partial charge in [0.15, 0.2) is 5.11 Å². The summed E-state index contributed by atoms with van der Waals surface area (Å²) in [7, 11) is 0. The van der Waals surface area contributed by atoms with Crippen LogP contribution in [0.4, 0.5) is 5.69 Å². The first-order valence-electron chi connectivity index (χ1n) is 10.4. The minimum absolute atomic E-state index is 0.127. The summed E-state index contributed by atoms with van der Waals surface area (Å²) in [6.07, 6.45) is 2.94. The summed E-state index contributed by atoms with van der Waals surface area (Å²) in [5.74, 6) is -0.141. The predicted octanol–water partition coefficient (Wildman–Crippen LogP) is 2.84. The van der Waals surface area contributed by atoms with E-state index in [1.165, 1.54) is 9.91 Å². The fourth-order valence-corrected chi connectivity index (χ4v) is 3.55. The quantitative estimate of drug-likeness (QED) is 0.411. The Morgan fingerprint density at radius 1 is 1.10 bits per heavy atom. The number of amides is 3. The summed E-state index contributed by atoms with van der Waals surface area (Å²) in [6, 6.07) is 6.12. The molecule has 0 radical (unpaired) electrons. The standard InChI is InChI=1S/C21H30N4O4S/c1-4-7-8-9-18(26)23-25-17(20(28)24(5-2)21(25)30)14-19(27)22-15-10-12-16(13-11-15)29-6-3/h10-13,17H,4-9,14H2,1-3H3,(H,22,27)(H,23,26). The maximum Gasteiger partial charge on any atom is 0.254 e. The Hall–Kier alpha value is -2.68. The van der Waals surface area contributed by atoms with E-state index in [0.717, 1.165) is 19.3 Å². The average Bonchev–Trinajstić information content (AvgIpc) is 2.93. The van der Waals surface area contributed by atoms with Crippen LogP contribution in [-0.4, -0.2) is 51.9 Å². The number of hydrazine groups is 1. The third-order valence-corrected chi connectivity index (χ3v) is 5.11. The van der Waals surface area contributed by atoms with Gasteiger partial charge in [-0.25, -0.2) is 5.01 Å². The molecule has 1 atom stereocenters. The Bertz CT molecular complexity index is 769. The van der Waals surface area contributed by atoms with Gasteiger partial charge >= 0.3 is 0 Å². The summed E-state index contributed by atoms with van der Waals surface area (Å²) < 4.78 is 5.39. The van der Waals surface area contributed by atoms with Crippen molar-refractivity contribution in [1.29, 1.82) is 0 Å². The second-order valence-corrected chi connectivity index (χ2v) is 7.32. The van der Waals surface area contributed by atoms with Gasteiger partial charge in [-0.05, 0) is 56.8 Å². The zero-order chi connectivity index (χ0) is 22.1. The fraction of sp³-hybridized carbons (Fsp3) is 0.524. The number of ether oxygens (including phenoxy) is 1. The van der Waals surface area contributed by atoms with Crippen molar-refractivity contribution in [1.82, 2.24) is 15.3 Å². The lowest BCUT2D eigenvalue weighted by molar-refractivity contribution is -0.132. The summed E-state index contributed by atoms with van der Waals surface area (Å²) >= 11 is 5.36. The maximum absolute atomic E-state index is 12.8. The largest absolute Gasteiger partial charge is 0.494 e. The minimum atomic E-state index is -0.865. The second kappa shape index (κ2) is 11.5. The van der Waals surface area contributed by atoms with E-state index in [-0.39, 0.29) is 29.3 Å². The highest BCUT2D eigenvalue weighted by atomic mass is 32.1. The van der Waals surface area contributed by atoms with Crippen LogP contribution < -0.4 is 15.5 Å². The molecule has 1 saturated heterocycles. The van der Waals surface area contributed by atoms with Crippen LogP contribution in [-0.2, 0) is 14.4 Å². The lowest BCUT2D eigenvalue weighted by Crippen LogP contribution is -2.49. The van der Waals surface area contributed by atoms with Crippen molar-refractivity contribution in [3.63, 3.8) is 0 Å². The van der Waals surface area contributed by atoms with Gasteiger partial charge in [0, 0.05) is 18.7 Å². The van der Waals surface area contributed by atoms with E-state index in [2.05, 4.69) is 17.7 Å². The number of unbranched alkanes of at least 4 members (excludes halogenated alkanes) is 2. The van der Waals surface area contributed by atoms with Crippen LogP contribution >= 0.6 is 12.2 Å². The van der Waals surface area contributed by atoms with Crippen molar-refractivity contribution in [2.24, 2.45) is 0 Å². The van der Waals surface area contributed by atoms with Gasteiger partial charge in [-0.2, -0.15) is 0 Å². The highest BCUT2D eigenvalue weighted by Crippen LogP contribution is 2.21. The monoisotopic (exact) mass is 434 g/mol. The van der Waals surface area contributed by atoms with E-state index in [1.54, 1.807) is 31.2 Å². The summed E-state index contributed by atoms with van der Waals surface area (Å²) in [5.41, 5.74) is 3.31. The highest BCUT2D eigenvalue weighted by Gasteiger charge is 2.43. The molecule has 1 unspecified atom stereocenters. The molecule has 1 fully saturated rings. The molecule has 1 aliphatic heterocycles. The first-order chi connectivity index (χ1) is 14.4. The molecule has 0 spiro atoms. The van der Waals surface area contributed by atoms with E-state index < -0.39 is 6.04 Å². The molecule has 0 bridgehead atoms. The van der Waals surface area contributed by atoms with Gasteiger partial charge in [-0.15, -0.1) is 0 Å². The number of nitrogens with zero attached hydrogens (tertiary/aromatic N) is 2. The lowest BCUT2D eigenvalue weighted by Gasteiger charge is -2.24. The number of benzene rings is 1. The molecule has 8 nitrogen and oxygen atoms in total. The first-order valence-corrected chi connectivity index (χ1v) is 10.8. The van der Waals surface area contributed by atoms with Crippen LogP contribution in [0.15, 0.2) is 24.3 Å². The molecule has 1 aromatic carbocycles. The van der Waals surface area contributed by atoms with Gasteiger partial charge in [-0.3, -0.25) is 24.7 Å². The van der Waals surface area contributed by atoms with Crippen molar-refractivity contribution < 1.29 is 19.1 Å². The van der Waals surface area contributed by atoms with Gasteiger partial charge in [0.2, 0.25) is 11.8 Å². The Labute approximate surface area is 182 Å². The van der Waals surface area contributed by atoms with E-state index in [1.807, 2.05) is 6.92 Å². The maximum atomic E-state index is 12.8. The SMILES string of the molecule is CCCCCC(=O)NN1C(=S)N(CC)C(=O)C1CC(=O)Nc1ccc(OCC)cc1. The van der Waals surface area contributed by atoms with E-state index >= 15 is 0 Å². The summed E-state index contributed by atoms with van der Waals surface area (Å²) in [6.45, 7) is 6.69. The normalized spacial score (nSPS) is 16.0. The third-order valence-electron chi connectivity index (χ3n) is 4.70. The molecular formula is C21H30N4O4S. The first kappa shape index (κ1) is 23.6. The Morgan fingerprint density at radius 3 is 2.40 bits per heavy atom. The minimum Gasteiger partial charge on any atom is -0.494 e. The zero-order valence-corrected chi connectivity index (χ0v) is 18.6. The van der Waals surface area contributed by atoms with Gasteiger partial charge in [-0.1, -0.05) is 19.8 Å². The molecule has 164 valence electrons. The van der Waals surface area contributed by atoms with Crippen molar-refractivity contribution in [2.45, 2.75) is 58.9 Å². The van der Waals surface area contributed by atoms with E-state index in [4.69, 9.17) is 17.0 Å². The molecular weight excluding hydrogens is 404 g/mol. The summed E-state index contributed by atoms with van der Waals surface area (Å²) in [5, 5.41) is 4.34. The molecule has 1 heterocycles. The van der Waals surface area contributed by atoms with Gasteiger partial charge in [0.25, 0.3) is 5.91 Å². The van der Waals surface area contributed by atoms with Crippen molar-refractivity contribution in [2.75, 3.05) is 18.5 Å². The number of likely N-dealkylation sites (N-methyl/N-ethyl adjacent to an activating group) is 1. The molecule has 0 aromatic heterocycles. The average molecular weight is 435 g/mol. The zero-order valence-electron chi connectivity index (χ0n) is 17.8. The van der Waals surface area contributed by atoms with Gasteiger partial charge in [0.1, 0.15) is 11.8 Å². The number of carbonyl (C=O) groups is 3. The van der Waals surface area contributed by atoms with Gasteiger partial charge in [0.05, 0.1) is 13.0 Å².